The maximum Gasteiger partial charge on any atom is 0.328 e. The topological polar surface area (TPSA) is 38.3 Å². The highest BCUT2D eigenvalue weighted by molar-refractivity contribution is 9.10. The molecule has 19 heavy (non-hydrogen) atoms. The van der Waals surface area contributed by atoms with E-state index < -0.39 is 29.2 Å². The molecule has 0 saturated carbocycles. The lowest BCUT2D eigenvalue weighted by molar-refractivity contribution is -0.155. The van der Waals surface area contributed by atoms with Crippen molar-refractivity contribution in [1.82, 2.24) is 0 Å². The smallest absolute Gasteiger partial charge is 0.328 e. The molecule has 1 atom stereocenters. The highest BCUT2D eigenvalue weighted by Crippen LogP contribution is 2.24. The Balaban J connectivity index is 2.80. The van der Waals surface area contributed by atoms with Crippen LogP contribution >= 0.6 is 15.9 Å². The summed E-state index contributed by atoms with van der Waals surface area (Å²) < 4.78 is 32.1. The lowest BCUT2D eigenvalue weighted by Crippen LogP contribution is -2.34. The number of halogens is 3. The Kier molecular flexibility index (Phi) is 4.90. The first-order chi connectivity index (χ1) is 8.60. The van der Waals surface area contributed by atoms with Crippen LogP contribution in [0.4, 0.5) is 14.5 Å². The summed E-state index contributed by atoms with van der Waals surface area (Å²) in [6.07, 6.45) is 0. The van der Waals surface area contributed by atoms with E-state index in [4.69, 9.17) is 4.74 Å². The van der Waals surface area contributed by atoms with Crippen LogP contribution in [-0.4, -0.2) is 17.6 Å². The number of hydrogen-bond donors (Lipinski definition) is 1. The van der Waals surface area contributed by atoms with Crippen LogP contribution in [0.5, 0.6) is 0 Å². The molecular formula is C13H16BrF2NO2. The molecule has 0 aliphatic heterocycles. The second-order valence-electron chi connectivity index (χ2n) is 5.15. The van der Waals surface area contributed by atoms with Crippen LogP contribution in [0.15, 0.2) is 16.6 Å². The monoisotopic (exact) mass is 335 g/mol. The van der Waals surface area contributed by atoms with Gasteiger partial charge in [-0.3, -0.25) is 0 Å². The van der Waals surface area contributed by atoms with Gasteiger partial charge in [0.25, 0.3) is 0 Å². The number of anilines is 1. The van der Waals surface area contributed by atoms with Gasteiger partial charge in [-0.25, -0.2) is 13.6 Å². The maximum atomic E-state index is 13.6. The van der Waals surface area contributed by atoms with Gasteiger partial charge in [0.1, 0.15) is 23.3 Å². The lowest BCUT2D eigenvalue weighted by Gasteiger charge is -2.23. The van der Waals surface area contributed by atoms with Crippen LogP contribution < -0.4 is 5.32 Å². The molecule has 0 bridgehead atoms. The number of hydrogen-bond acceptors (Lipinski definition) is 3. The lowest BCUT2D eigenvalue weighted by atomic mass is 10.2. The van der Waals surface area contributed by atoms with E-state index >= 15 is 0 Å². The number of rotatable bonds is 3. The summed E-state index contributed by atoms with van der Waals surface area (Å²) in [5.41, 5.74) is -0.713. The Morgan fingerprint density at radius 2 is 1.89 bits per heavy atom. The van der Waals surface area contributed by atoms with Crippen molar-refractivity contribution in [3.8, 4) is 0 Å². The Morgan fingerprint density at radius 1 is 1.32 bits per heavy atom. The third-order valence-electron chi connectivity index (χ3n) is 2.14. The van der Waals surface area contributed by atoms with Gasteiger partial charge in [-0.05, 0) is 49.7 Å². The molecule has 0 radical (unpaired) electrons. The Hall–Kier alpha value is -1.17. The molecule has 0 heterocycles. The van der Waals surface area contributed by atoms with Gasteiger partial charge in [-0.15, -0.1) is 0 Å². The average molecular weight is 336 g/mol. The molecule has 0 saturated heterocycles. The number of nitrogens with one attached hydrogen (secondary N) is 1. The standard InChI is InChI=1S/C13H16BrF2NO2/c1-7(12(18)19-13(2,3)4)17-11-6-9(15)8(14)5-10(11)16/h5-7,17H,1-4H3. The molecule has 0 amide bonds. The summed E-state index contributed by atoms with van der Waals surface area (Å²) >= 11 is 2.88. The summed E-state index contributed by atoms with van der Waals surface area (Å²) in [6, 6.07) is 1.20. The van der Waals surface area contributed by atoms with Gasteiger partial charge in [-0.1, -0.05) is 0 Å². The quantitative estimate of drug-likeness (QED) is 0.673. The Morgan fingerprint density at radius 3 is 2.42 bits per heavy atom. The molecule has 106 valence electrons. The van der Waals surface area contributed by atoms with E-state index in [0.717, 1.165) is 12.1 Å². The van der Waals surface area contributed by atoms with E-state index in [0.29, 0.717) is 0 Å². The van der Waals surface area contributed by atoms with Gasteiger partial charge < -0.3 is 10.1 Å². The first kappa shape index (κ1) is 15.9. The Bertz CT molecular complexity index is 486. The number of carbonyl (C=O) groups excluding carboxylic acids is 1. The van der Waals surface area contributed by atoms with Crippen LogP contribution in [0.25, 0.3) is 0 Å². The van der Waals surface area contributed by atoms with Crippen molar-refractivity contribution in [1.29, 1.82) is 0 Å². The normalized spacial score (nSPS) is 13.0. The van der Waals surface area contributed by atoms with Crippen molar-refractivity contribution in [3.63, 3.8) is 0 Å². The predicted octanol–water partition coefficient (Wildman–Crippen LogP) is 3.87. The molecule has 6 heteroatoms. The zero-order chi connectivity index (χ0) is 14.8. The highest BCUT2D eigenvalue weighted by atomic mass is 79.9. The molecule has 0 fully saturated rings. The largest absolute Gasteiger partial charge is 0.458 e. The van der Waals surface area contributed by atoms with E-state index in [1.54, 1.807) is 20.8 Å². The highest BCUT2D eigenvalue weighted by Gasteiger charge is 2.22. The molecule has 3 nitrogen and oxygen atoms in total. The fraction of sp³-hybridized carbons (Fsp3) is 0.462. The van der Waals surface area contributed by atoms with Crippen molar-refractivity contribution < 1.29 is 18.3 Å². The van der Waals surface area contributed by atoms with Crippen LogP contribution in [0, 0.1) is 11.6 Å². The van der Waals surface area contributed by atoms with Gasteiger partial charge in [-0.2, -0.15) is 0 Å². The van der Waals surface area contributed by atoms with Gasteiger partial charge >= 0.3 is 5.97 Å². The number of ether oxygens (including phenoxy) is 1. The molecular weight excluding hydrogens is 320 g/mol. The SMILES string of the molecule is CC(Nc1cc(F)c(Br)cc1F)C(=O)OC(C)(C)C. The van der Waals surface area contributed by atoms with Crippen molar-refractivity contribution in [2.75, 3.05) is 5.32 Å². The van der Waals surface area contributed by atoms with Crippen molar-refractivity contribution in [3.05, 3.63) is 28.2 Å². The molecule has 0 spiro atoms. The van der Waals surface area contributed by atoms with Crippen LogP contribution in [0.1, 0.15) is 27.7 Å². The van der Waals surface area contributed by atoms with Gasteiger partial charge in [0.2, 0.25) is 0 Å². The van der Waals surface area contributed by atoms with E-state index in [9.17, 15) is 13.6 Å². The number of benzene rings is 1. The first-order valence-corrected chi connectivity index (χ1v) is 6.53. The minimum atomic E-state index is -0.783. The van der Waals surface area contributed by atoms with Crippen molar-refractivity contribution >= 4 is 27.6 Å². The number of carbonyl (C=O) groups is 1. The van der Waals surface area contributed by atoms with Crippen LogP contribution in [0.3, 0.4) is 0 Å². The van der Waals surface area contributed by atoms with E-state index in [1.165, 1.54) is 6.92 Å². The van der Waals surface area contributed by atoms with E-state index in [1.807, 2.05) is 0 Å². The molecule has 0 aliphatic carbocycles. The van der Waals surface area contributed by atoms with E-state index in [2.05, 4.69) is 21.2 Å². The molecule has 0 aliphatic rings. The Labute approximate surface area is 119 Å². The van der Waals surface area contributed by atoms with E-state index in [-0.39, 0.29) is 10.2 Å². The fourth-order valence-electron chi connectivity index (χ4n) is 1.32. The molecule has 1 aromatic rings. The van der Waals surface area contributed by atoms with Gasteiger partial charge in [0.05, 0.1) is 10.2 Å². The second-order valence-corrected chi connectivity index (χ2v) is 6.00. The summed E-state index contributed by atoms with van der Waals surface area (Å²) in [7, 11) is 0. The van der Waals surface area contributed by atoms with Crippen LogP contribution in [-0.2, 0) is 9.53 Å². The summed E-state index contributed by atoms with van der Waals surface area (Å²) in [5.74, 6) is -1.79. The molecule has 1 aromatic carbocycles. The van der Waals surface area contributed by atoms with Gasteiger partial charge in [0, 0.05) is 6.07 Å². The van der Waals surface area contributed by atoms with Crippen LogP contribution in [0.2, 0.25) is 0 Å². The average Bonchev–Trinajstić information content (AvgIpc) is 2.23. The molecule has 1 N–H and O–H groups in total. The second kappa shape index (κ2) is 5.86. The first-order valence-electron chi connectivity index (χ1n) is 5.74. The summed E-state index contributed by atoms with van der Waals surface area (Å²) in [4.78, 5) is 11.7. The minimum absolute atomic E-state index is 0.0282. The number of esters is 1. The third-order valence-corrected chi connectivity index (χ3v) is 2.75. The fourth-order valence-corrected chi connectivity index (χ4v) is 1.63. The zero-order valence-corrected chi connectivity index (χ0v) is 12.8. The molecule has 1 rings (SSSR count). The minimum Gasteiger partial charge on any atom is -0.458 e. The van der Waals surface area contributed by atoms with Gasteiger partial charge in [0.15, 0.2) is 0 Å². The summed E-state index contributed by atoms with van der Waals surface area (Å²) in [5, 5.41) is 2.59. The molecule has 0 aromatic heterocycles. The third kappa shape index (κ3) is 4.78. The summed E-state index contributed by atoms with van der Waals surface area (Å²) in [6.45, 7) is 6.72. The predicted molar refractivity (Wildman–Crippen MR) is 73.0 cm³/mol. The van der Waals surface area contributed by atoms with Crippen molar-refractivity contribution in [2.45, 2.75) is 39.3 Å². The molecule has 1 unspecified atom stereocenters. The van der Waals surface area contributed by atoms with Crippen molar-refractivity contribution in [2.24, 2.45) is 0 Å². The zero-order valence-electron chi connectivity index (χ0n) is 11.2. The maximum absolute atomic E-state index is 13.6.